The van der Waals surface area contributed by atoms with Gasteiger partial charge in [-0.25, -0.2) is 14.4 Å². The minimum Gasteiger partial charge on any atom is -0.373 e. The maximum atomic E-state index is 12.8. The second-order valence-electron chi connectivity index (χ2n) is 4.74. The zero-order valence-corrected chi connectivity index (χ0v) is 12.7. The molecule has 1 aromatic carbocycles. The molecule has 20 heavy (non-hydrogen) atoms. The lowest BCUT2D eigenvalue weighted by atomic mass is 10.1. The summed E-state index contributed by atoms with van der Waals surface area (Å²) >= 11 is 1.60. The zero-order chi connectivity index (χ0) is 14.5. The lowest BCUT2D eigenvalue weighted by Gasteiger charge is -2.10. The first-order chi connectivity index (χ1) is 9.58. The molecular formula is C15H18FN3S. The van der Waals surface area contributed by atoms with Crippen LogP contribution in [0.4, 0.5) is 10.2 Å². The number of aromatic nitrogens is 2. The molecule has 0 atom stereocenters. The van der Waals surface area contributed by atoms with Gasteiger partial charge in [-0.15, -0.1) is 11.8 Å². The van der Waals surface area contributed by atoms with Crippen molar-refractivity contribution in [3.63, 3.8) is 0 Å². The lowest BCUT2D eigenvalue weighted by molar-refractivity contribution is 0.626. The highest BCUT2D eigenvalue weighted by atomic mass is 32.2. The van der Waals surface area contributed by atoms with Crippen LogP contribution < -0.4 is 5.32 Å². The summed E-state index contributed by atoms with van der Waals surface area (Å²) in [4.78, 5) is 10.0. The molecule has 0 aliphatic heterocycles. The molecule has 0 unspecified atom stereocenters. The number of nitrogens with zero attached hydrogens (tertiary/aromatic N) is 2. The molecule has 1 heterocycles. The SMILES string of the molecule is CNc1cc(C(C)C)nc(CSc2ccc(F)cc2)n1. The molecule has 0 aliphatic carbocycles. The van der Waals surface area contributed by atoms with Crippen LogP contribution in [-0.2, 0) is 5.75 Å². The first-order valence-corrected chi connectivity index (χ1v) is 7.51. The highest BCUT2D eigenvalue weighted by Gasteiger charge is 2.07. The van der Waals surface area contributed by atoms with Gasteiger partial charge in [0.1, 0.15) is 17.5 Å². The van der Waals surface area contributed by atoms with Crippen LogP contribution in [0.25, 0.3) is 0 Å². The summed E-state index contributed by atoms with van der Waals surface area (Å²) < 4.78 is 12.8. The third-order valence-electron chi connectivity index (χ3n) is 2.82. The predicted octanol–water partition coefficient (Wildman–Crippen LogP) is 4.07. The Hall–Kier alpha value is -1.62. The maximum Gasteiger partial charge on any atom is 0.141 e. The van der Waals surface area contributed by atoms with E-state index >= 15 is 0 Å². The summed E-state index contributed by atoms with van der Waals surface area (Å²) in [6.07, 6.45) is 0. The first-order valence-electron chi connectivity index (χ1n) is 6.52. The standard InChI is InChI=1S/C15H18FN3S/c1-10(2)13-8-14(17-3)19-15(18-13)9-20-12-6-4-11(16)5-7-12/h4-8,10H,9H2,1-3H3,(H,17,18,19). The smallest absolute Gasteiger partial charge is 0.141 e. The van der Waals surface area contributed by atoms with Gasteiger partial charge in [0.05, 0.1) is 5.75 Å². The van der Waals surface area contributed by atoms with E-state index in [1.54, 1.807) is 23.9 Å². The third kappa shape index (κ3) is 3.93. The zero-order valence-electron chi connectivity index (χ0n) is 11.9. The molecule has 1 N–H and O–H groups in total. The summed E-state index contributed by atoms with van der Waals surface area (Å²) in [7, 11) is 1.85. The molecule has 0 spiro atoms. The number of halogens is 1. The van der Waals surface area contributed by atoms with E-state index < -0.39 is 0 Å². The van der Waals surface area contributed by atoms with Crippen molar-refractivity contribution in [2.75, 3.05) is 12.4 Å². The van der Waals surface area contributed by atoms with Gasteiger partial charge in [-0.05, 0) is 30.2 Å². The van der Waals surface area contributed by atoms with Crippen molar-refractivity contribution in [3.05, 3.63) is 47.7 Å². The summed E-state index contributed by atoms with van der Waals surface area (Å²) in [6.45, 7) is 4.22. The minimum atomic E-state index is -0.218. The summed E-state index contributed by atoms with van der Waals surface area (Å²) in [6, 6.07) is 8.44. The number of hydrogen-bond donors (Lipinski definition) is 1. The van der Waals surface area contributed by atoms with Crippen LogP contribution >= 0.6 is 11.8 Å². The predicted molar refractivity (Wildman–Crippen MR) is 81.6 cm³/mol. The Morgan fingerprint density at radius 2 is 1.90 bits per heavy atom. The van der Waals surface area contributed by atoms with E-state index in [4.69, 9.17) is 0 Å². The second-order valence-corrected chi connectivity index (χ2v) is 5.79. The first kappa shape index (κ1) is 14.8. The minimum absolute atomic E-state index is 0.218. The second kappa shape index (κ2) is 6.70. The molecule has 2 rings (SSSR count). The Morgan fingerprint density at radius 1 is 1.20 bits per heavy atom. The summed E-state index contributed by atoms with van der Waals surface area (Å²) in [5, 5.41) is 3.06. The van der Waals surface area contributed by atoms with Gasteiger partial charge in [-0.3, -0.25) is 0 Å². The fourth-order valence-electron chi connectivity index (χ4n) is 1.68. The maximum absolute atomic E-state index is 12.8. The lowest BCUT2D eigenvalue weighted by Crippen LogP contribution is -2.04. The van der Waals surface area contributed by atoms with Gasteiger partial charge in [0.2, 0.25) is 0 Å². The van der Waals surface area contributed by atoms with Gasteiger partial charge in [0.15, 0.2) is 0 Å². The van der Waals surface area contributed by atoms with Gasteiger partial charge in [0.25, 0.3) is 0 Å². The van der Waals surface area contributed by atoms with Crippen molar-refractivity contribution in [1.82, 2.24) is 9.97 Å². The molecule has 106 valence electrons. The molecule has 0 amide bonds. The van der Waals surface area contributed by atoms with Crippen LogP contribution in [0.3, 0.4) is 0 Å². The van der Waals surface area contributed by atoms with Crippen LogP contribution in [-0.4, -0.2) is 17.0 Å². The van der Waals surface area contributed by atoms with Gasteiger partial charge in [-0.1, -0.05) is 13.8 Å². The molecule has 0 radical (unpaired) electrons. The van der Waals surface area contributed by atoms with E-state index in [-0.39, 0.29) is 5.82 Å². The fourth-order valence-corrected chi connectivity index (χ4v) is 2.44. The summed E-state index contributed by atoms with van der Waals surface area (Å²) in [5.74, 6) is 2.43. The molecule has 3 nitrogen and oxygen atoms in total. The van der Waals surface area contributed by atoms with Gasteiger partial charge in [-0.2, -0.15) is 0 Å². The normalized spacial score (nSPS) is 10.8. The van der Waals surface area contributed by atoms with Crippen molar-refractivity contribution in [2.45, 2.75) is 30.4 Å². The number of hydrogen-bond acceptors (Lipinski definition) is 4. The Kier molecular flexibility index (Phi) is 4.95. The average Bonchev–Trinajstić information content (AvgIpc) is 2.46. The molecule has 0 bridgehead atoms. The fraction of sp³-hybridized carbons (Fsp3) is 0.333. The topological polar surface area (TPSA) is 37.8 Å². The van der Waals surface area contributed by atoms with Gasteiger partial charge < -0.3 is 5.32 Å². The number of nitrogens with one attached hydrogen (secondary N) is 1. The Morgan fingerprint density at radius 3 is 2.50 bits per heavy atom. The highest BCUT2D eigenvalue weighted by Crippen LogP contribution is 2.23. The van der Waals surface area contributed by atoms with Crippen molar-refractivity contribution < 1.29 is 4.39 Å². The van der Waals surface area contributed by atoms with Crippen LogP contribution in [0.2, 0.25) is 0 Å². The molecule has 5 heteroatoms. The molecule has 2 aromatic rings. The van der Waals surface area contributed by atoms with Crippen LogP contribution in [0.5, 0.6) is 0 Å². The largest absolute Gasteiger partial charge is 0.373 e. The molecule has 0 saturated carbocycles. The van der Waals surface area contributed by atoms with E-state index in [9.17, 15) is 4.39 Å². The Bertz CT molecular complexity index is 570. The van der Waals surface area contributed by atoms with E-state index in [2.05, 4.69) is 29.1 Å². The average molecular weight is 291 g/mol. The summed E-state index contributed by atoms with van der Waals surface area (Å²) in [5.41, 5.74) is 1.03. The quantitative estimate of drug-likeness (QED) is 0.843. The number of benzene rings is 1. The van der Waals surface area contributed by atoms with E-state index in [1.807, 2.05) is 13.1 Å². The van der Waals surface area contributed by atoms with E-state index in [0.29, 0.717) is 11.7 Å². The number of thioether (sulfide) groups is 1. The van der Waals surface area contributed by atoms with Crippen molar-refractivity contribution in [1.29, 1.82) is 0 Å². The monoisotopic (exact) mass is 291 g/mol. The Balaban J connectivity index is 2.12. The Labute approximate surface area is 123 Å². The van der Waals surface area contributed by atoms with Crippen LogP contribution in [0.1, 0.15) is 31.3 Å². The molecule has 0 saturated heterocycles. The highest BCUT2D eigenvalue weighted by molar-refractivity contribution is 7.98. The van der Waals surface area contributed by atoms with Crippen LogP contribution in [0.15, 0.2) is 35.2 Å². The molecule has 0 fully saturated rings. The molecule has 0 aliphatic rings. The number of anilines is 1. The van der Waals surface area contributed by atoms with Crippen molar-refractivity contribution in [2.24, 2.45) is 0 Å². The van der Waals surface area contributed by atoms with Crippen molar-refractivity contribution >= 4 is 17.6 Å². The van der Waals surface area contributed by atoms with Gasteiger partial charge >= 0.3 is 0 Å². The molecule has 1 aromatic heterocycles. The van der Waals surface area contributed by atoms with Gasteiger partial charge in [0, 0.05) is 23.7 Å². The van der Waals surface area contributed by atoms with Crippen molar-refractivity contribution in [3.8, 4) is 0 Å². The molecular weight excluding hydrogens is 273 g/mol. The van der Waals surface area contributed by atoms with E-state index in [0.717, 1.165) is 22.2 Å². The number of rotatable bonds is 5. The van der Waals surface area contributed by atoms with Crippen LogP contribution in [0, 0.1) is 5.82 Å². The third-order valence-corrected chi connectivity index (χ3v) is 3.83. The van der Waals surface area contributed by atoms with E-state index in [1.165, 1.54) is 12.1 Å².